The average Bonchev–Trinajstić information content (AvgIpc) is 2.85. The molecule has 0 atom stereocenters. The number of methoxy groups -OCH3 is 2. The lowest BCUT2D eigenvalue weighted by atomic mass is 10.2. The van der Waals surface area contributed by atoms with Crippen molar-refractivity contribution in [2.24, 2.45) is 0 Å². The van der Waals surface area contributed by atoms with E-state index in [4.69, 9.17) is 21.4 Å². The van der Waals surface area contributed by atoms with Gasteiger partial charge in [0.05, 0.1) is 20.8 Å². The molecule has 7 heteroatoms. The number of alkyl halides is 1. The molecule has 0 radical (unpaired) electrons. The predicted molar refractivity (Wildman–Crippen MR) is 138 cm³/mol. The fourth-order valence-electron chi connectivity index (χ4n) is 2.43. The summed E-state index contributed by atoms with van der Waals surface area (Å²) in [5.74, 6) is 1.64. The van der Waals surface area contributed by atoms with Gasteiger partial charge < -0.3 is 19.3 Å². The monoisotopic (exact) mass is 496 g/mol. The molecule has 2 aromatic carbocycles. The van der Waals surface area contributed by atoms with Crippen LogP contribution in [-0.2, 0) is 19.1 Å². The molecule has 0 aliphatic carbocycles. The summed E-state index contributed by atoms with van der Waals surface area (Å²) < 4.78 is 14.5. The Hall–Kier alpha value is -2.73. The Morgan fingerprint density at radius 3 is 1.62 bits per heavy atom. The SMILES string of the molecule is C.COC(=O)CCCCCCl.COC(=O)CCCCCOc1ccccc1.Oc1ccccc1. The van der Waals surface area contributed by atoms with Gasteiger partial charge in [-0.25, -0.2) is 0 Å². The lowest BCUT2D eigenvalue weighted by Gasteiger charge is -2.05. The molecule has 2 rings (SSSR count). The van der Waals surface area contributed by atoms with E-state index in [0.29, 0.717) is 31.1 Å². The number of rotatable bonds is 12. The highest BCUT2D eigenvalue weighted by Gasteiger charge is 1.99. The fraction of sp³-hybridized carbons (Fsp3) is 0.481. The third-order valence-electron chi connectivity index (χ3n) is 4.26. The van der Waals surface area contributed by atoms with E-state index in [-0.39, 0.29) is 19.4 Å². The van der Waals surface area contributed by atoms with Crippen molar-refractivity contribution in [1.29, 1.82) is 0 Å². The van der Waals surface area contributed by atoms with Crippen molar-refractivity contribution in [2.75, 3.05) is 26.7 Å². The van der Waals surface area contributed by atoms with Crippen molar-refractivity contribution in [3.8, 4) is 11.5 Å². The average molecular weight is 497 g/mol. The van der Waals surface area contributed by atoms with E-state index in [0.717, 1.165) is 44.3 Å². The second-order valence-electron chi connectivity index (χ2n) is 6.96. The summed E-state index contributed by atoms with van der Waals surface area (Å²) in [6, 6.07) is 18.5. The zero-order valence-corrected chi connectivity index (χ0v) is 20.5. The minimum absolute atomic E-state index is 0. The van der Waals surface area contributed by atoms with Crippen LogP contribution in [0.2, 0.25) is 0 Å². The van der Waals surface area contributed by atoms with E-state index in [1.807, 2.05) is 36.4 Å². The number of benzene rings is 2. The molecule has 0 saturated carbocycles. The summed E-state index contributed by atoms with van der Waals surface area (Å²) >= 11 is 5.43. The van der Waals surface area contributed by atoms with Crippen LogP contribution < -0.4 is 4.74 Å². The van der Waals surface area contributed by atoms with Gasteiger partial charge in [-0.05, 0) is 56.4 Å². The topological polar surface area (TPSA) is 82.1 Å². The Labute approximate surface area is 210 Å². The summed E-state index contributed by atoms with van der Waals surface area (Å²) in [6.45, 7) is 0.700. The van der Waals surface area contributed by atoms with Crippen molar-refractivity contribution in [3.63, 3.8) is 0 Å². The van der Waals surface area contributed by atoms with Crippen LogP contribution in [0.3, 0.4) is 0 Å². The number of halogens is 1. The maximum absolute atomic E-state index is 10.8. The molecule has 0 unspecified atom stereocenters. The standard InChI is InChI=1S/C13H18O3.C7H13ClO2.C6H6O.CH4/c1-15-13(14)10-6-3-7-11-16-12-8-4-2-5-9-12;1-10-7(9)5-3-2-4-6-8;7-6-4-2-1-3-5-6;/h2,4-5,8-9H,3,6-7,10-11H2,1H3;2-6H2,1H3;1-5,7H;1H4. The van der Waals surface area contributed by atoms with Crippen LogP contribution in [0.1, 0.15) is 58.8 Å². The lowest BCUT2D eigenvalue weighted by molar-refractivity contribution is -0.141. The minimum Gasteiger partial charge on any atom is -0.508 e. The van der Waals surface area contributed by atoms with Gasteiger partial charge >= 0.3 is 11.9 Å². The molecule has 0 aliphatic rings. The van der Waals surface area contributed by atoms with Crippen molar-refractivity contribution in [2.45, 2.75) is 58.8 Å². The molecule has 192 valence electrons. The molecular formula is C27H41ClO6. The number of para-hydroxylation sites is 2. The van der Waals surface area contributed by atoms with Crippen molar-refractivity contribution in [1.82, 2.24) is 0 Å². The highest BCUT2D eigenvalue weighted by Crippen LogP contribution is 2.09. The number of aromatic hydroxyl groups is 1. The quantitative estimate of drug-likeness (QED) is 0.198. The molecule has 0 spiro atoms. The van der Waals surface area contributed by atoms with Gasteiger partial charge in [0.25, 0.3) is 0 Å². The van der Waals surface area contributed by atoms with Crippen LogP contribution in [-0.4, -0.2) is 43.8 Å². The number of phenolic OH excluding ortho intramolecular Hbond substituents is 1. The number of esters is 2. The van der Waals surface area contributed by atoms with Crippen molar-refractivity contribution in [3.05, 3.63) is 60.7 Å². The molecule has 0 bridgehead atoms. The van der Waals surface area contributed by atoms with Gasteiger partial charge in [0.2, 0.25) is 0 Å². The first-order valence-corrected chi connectivity index (χ1v) is 11.7. The zero-order chi connectivity index (χ0) is 24.6. The molecule has 0 heterocycles. The normalized spacial score (nSPS) is 9.15. The molecule has 0 saturated heterocycles. The molecule has 2 aromatic rings. The van der Waals surface area contributed by atoms with Gasteiger partial charge in [0.1, 0.15) is 11.5 Å². The zero-order valence-electron chi connectivity index (χ0n) is 19.7. The molecule has 1 N–H and O–H groups in total. The predicted octanol–water partition coefficient (Wildman–Crippen LogP) is 6.79. The van der Waals surface area contributed by atoms with Gasteiger partial charge in [-0.1, -0.05) is 50.2 Å². The van der Waals surface area contributed by atoms with E-state index in [1.165, 1.54) is 14.2 Å². The summed E-state index contributed by atoms with van der Waals surface area (Å²) in [7, 11) is 2.82. The van der Waals surface area contributed by atoms with Gasteiger partial charge in [-0.2, -0.15) is 0 Å². The molecule has 0 aliphatic heterocycles. The Morgan fingerprint density at radius 2 is 1.21 bits per heavy atom. The largest absolute Gasteiger partial charge is 0.508 e. The highest BCUT2D eigenvalue weighted by atomic mass is 35.5. The maximum atomic E-state index is 10.8. The second-order valence-corrected chi connectivity index (χ2v) is 7.34. The van der Waals surface area contributed by atoms with E-state index >= 15 is 0 Å². The Balaban J connectivity index is 0. The van der Waals surface area contributed by atoms with Crippen LogP contribution in [0.25, 0.3) is 0 Å². The van der Waals surface area contributed by atoms with Gasteiger partial charge in [0.15, 0.2) is 0 Å². The van der Waals surface area contributed by atoms with Crippen LogP contribution in [0, 0.1) is 0 Å². The fourth-order valence-corrected chi connectivity index (χ4v) is 2.62. The summed E-state index contributed by atoms with van der Waals surface area (Å²) in [5.41, 5.74) is 0. The molecule has 34 heavy (non-hydrogen) atoms. The van der Waals surface area contributed by atoms with Gasteiger partial charge in [-0.15, -0.1) is 11.6 Å². The molecule has 0 fully saturated rings. The second kappa shape index (κ2) is 24.9. The Kier molecular flexibility index (Phi) is 24.5. The molecule has 6 nitrogen and oxygen atoms in total. The molecule has 0 aromatic heterocycles. The number of unbranched alkanes of at least 4 members (excludes halogenated alkanes) is 4. The van der Waals surface area contributed by atoms with E-state index in [2.05, 4.69) is 9.47 Å². The van der Waals surface area contributed by atoms with Gasteiger partial charge in [0, 0.05) is 18.7 Å². The van der Waals surface area contributed by atoms with Gasteiger partial charge in [-0.3, -0.25) is 9.59 Å². The van der Waals surface area contributed by atoms with Crippen molar-refractivity contribution >= 4 is 23.5 Å². The first-order chi connectivity index (χ1) is 16.0. The molecule has 0 amide bonds. The minimum atomic E-state index is -0.135. The van der Waals surface area contributed by atoms with Crippen LogP contribution in [0.5, 0.6) is 11.5 Å². The third-order valence-corrected chi connectivity index (χ3v) is 4.53. The number of hydrogen-bond donors (Lipinski definition) is 1. The lowest BCUT2D eigenvalue weighted by Crippen LogP contribution is -2.01. The third kappa shape index (κ3) is 22.5. The maximum Gasteiger partial charge on any atom is 0.305 e. The van der Waals surface area contributed by atoms with Crippen LogP contribution in [0.4, 0.5) is 0 Å². The molecular weight excluding hydrogens is 456 g/mol. The van der Waals surface area contributed by atoms with Crippen LogP contribution in [0.15, 0.2) is 60.7 Å². The van der Waals surface area contributed by atoms with Crippen LogP contribution >= 0.6 is 11.6 Å². The Bertz CT molecular complexity index is 710. The number of phenols is 1. The van der Waals surface area contributed by atoms with E-state index < -0.39 is 0 Å². The van der Waals surface area contributed by atoms with Crippen molar-refractivity contribution < 1.29 is 28.9 Å². The first kappa shape index (κ1) is 33.4. The summed E-state index contributed by atoms with van der Waals surface area (Å²) in [6.07, 6.45) is 6.73. The summed E-state index contributed by atoms with van der Waals surface area (Å²) in [5, 5.41) is 8.63. The number of hydrogen-bond acceptors (Lipinski definition) is 6. The number of carbonyl (C=O) groups excluding carboxylic acids is 2. The van der Waals surface area contributed by atoms with E-state index in [1.54, 1.807) is 24.3 Å². The first-order valence-electron chi connectivity index (χ1n) is 11.1. The smallest absolute Gasteiger partial charge is 0.305 e. The highest BCUT2D eigenvalue weighted by molar-refractivity contribution is 6.17. The number of carbonyl (C=O) groups is 2. The summed E-state index contributed by atoms with van der Waals surface area (Å²) in [4.78, 5) is 21.3. The Morgan fingerprint density at radius 1 is 0.735 bits per heavy atom. The number of ether oxygens (including phenoxy) is 3. The van der Waals surface area contributed by atoms with E-state index in [9.17, 15) is 9.59 Å².